The fraction of sp³-hybridized carbons (Fsp3) is 0.500. The third kappa shape index (κ3) is 8.58. The molecule has 0 bridgehead atoms. The Hall–Kier alpha value is -2.33. The standard InChI is InChI=1S/C26H36O4/c1-4-6-7-8-9-10-19-29-25-17-15-24(16-18-25)23-13-11-22(12-14-23)20-30-21(3)26(27)28-5-2/h11-18,21H,4-10,19-20H2,1-3H3. The largest absolute Gasteiger partial charge is 0.494 e. The lowest BCUT2D eigenvalue weighted by Crippen LogP contribution is -2.23. The predicted octanol–water partition coefficient (Wildman–Crippen LogP) is 6.56. The van der Waals surface area contributed by atoms with Gasteiger partial charge in [0.1, 0.15) is 5.75 Å². The minimum absolute atomic E-state index is 0.326. The maximum atomic E-state index is 11.6. The van der Waals surface area contributed by atoms with Crippen LogP contribution in [0.2, 0.25) is 0 Å². The number of rotatable bonds is 14. The van der Waals surface area contributed by atoms with E-state index < -0.39 is 6.10 Å². The molecule has 0 fully saturated rings. The Morgan fingerprint density at radius 2 is 1.43 bits per heavy atom. The number of hydrogen-bond acceptors (Lipinski definition) is 4. The van der Waals surface area contributed by atoms with E-state index in [4.69, 9.17) is 14.2 Å². The predicted molar refractivity (Wildman–Crippen MR) is 122 cm³/mol. The maximum absolute atomic E-state index is 11.6. The molecule has 0 N–H and O–H groups in total. The molecule has 0 radical (unpaired) electrons. The van der Waals surface area contributed by atoms with Gasteiger partial charge in [0, 0.05) is 0 Å². The van der Waals surface area contributed by atoms with Crippen LogP contribution in [0.15, 0.2) is 48.5 Å². The average molecular weight is 413 g/mol. The van der Waals surface area contributed by atoms with Gasteiger partial charge in [-0.2, -0.15) is 0 Å². The summed E-state index contributed by atoms with van der Waals surface area (Å²) in [4.78, 5) is 11.6. The Balaban J connectivity index is 1.76. The summed E-state index contributed by atoms with van der Waals surface area (Å²) in [6.07, 6.45) is 7.06. The molecule has 1 atom stereocenters. The first-order valence-electron chi connectivity index (χ1n) is 11.2. The molecule has 30 heavy (non-hydrogen) atoms. The van der Waals surface area contributed by atoms with Crippen molar-refractivity contribution >= 4 is 5.97 Å². The highest BCUT2D eigenvalue weighted by Crippen LogP contribution is 2.23. The number of carbonyl (C=O) groups excluding carboxylic acids is 1. The molecule has 0 aliphatic carbocycles. The highest BCUT2D eigenvalue weighted by atomic mass is 16.6. The summed E-state index contributed by atoms with van der Waals surface area (Å²) in [5.74, 6) is 0.596. The Labute approximate surface area is 181 Å². The van der Waals surface area contributed by atoms with E-state index in [1.54, 1.807) is 13.8 Å². The minimum atomic E-state index is -0.562. The zero-order valence-electron chi connectivity index (χ0n) is 18.7. The zero-order valence-corrected chi connectivity index (χ0v) is 18.7. The van der Waals surface area contributed by atoms with Crippen LogP contribution in [0.4, 0.5) is 0 Å². The molecular formula is C26H36O4. The van der Waals surface area contributed by atoms with E-state index in [-0.39, 0.29) is 5.97 Å². The summed E-state index contributed by atoms with van der Waals surface area (Å²) in [5.41, 5.74) is 3.31. The average Bonchev–Trinajstić information content (AvgIpc) is 2.78. The summed E-state index contributed by atoms with van der Waals surface area (Å²) in [5, 5.41) is 0. The van der Waals surface area contributed by atoms with Gasteiger partial charge in [0.2, 0.25) is 0 Å². The second-order valence-corrected chi connectivity index (χ2v) is 7.54. The number of benzene rings is 2. The third-order valence-corrected chi connectivity index (χ3v) is 5.03. The van der Waals surface area contributed by atoms with Gasteiger partial charge < -0.3 is 14.2 Å². The monoisotopic (exact) mass is 412 g/mol. The third-order valence-electron chi connectivity index (χ3n) is 5.03. The first-order chi connectivity index (χ1) is 14.6. The summed E-state index contributed by atoms with van der Waals surface area (Å²) >= 11 is 0. The molecule has 0 spiro atoms. The molecule has 164 valence electrons. The van der Waals surface area contributed by atoms with Crippen LogP contribution in [0, 0.1) is 0 Å². The smallest absolute Gasteiger partial charge is 0.334 e. The van der Waals surface area contributed by atoms with Crippen molar-refractivity contribution in [2.75, 3.05) is 13.2 Å². The molecular weight excluding hydrogens is 376 g/mol. The SMILES string of the molecule is CCCCCCCCOc1ccc(-c2ccc(COC(C)C(=O)OCC)cc2)cc1. The van der Waals surface area contributed by atoms with E-state index >= 15 is 0 Å². The molecule has 0 saturated heterocycles. The van der Waals surface area contributed by atoms with Crippen molar-refractivity contribution in [1.29, 1.82) is 0 Å². The van der Waals surface area contributed by atoms with Crippen LogP contribution < -0.4 is 4.74 Å². The van der Waals surface area contributed by atoms with Crippen molar-refractivity contribution in [2.45, 2.75) is 72.0 Å². The summed E-state index contributed by atoms with van der Waals surface area (Å²) < 4.78 is 16.4. The topological polar surface area (TPSA) is 44.8 Å². The van der Waals surface area contributed by atoms with Crippen LogP contribution in [0.3, 0.4) is 0 Å². The summed E-state index contributed by atoms with van der Waals surface area (Å²) in [7, 11) is 0. The lowest BCUT2D eigenvalue weighted by molar-refractivity contribution is -0.156. The van der Waals surface area contributed by atoms with Crippen molar-refractivity contribution in [3.05, 3.63) is 54.1 Å². The van der Waals surface area contributed by atoms with Gasteiger partial charge in [-0.1, -0.05) is 75.4 Å². The van der Waals surface area contributed by atoms with Gasteiger partial charge in [0.15, 0.2) is 6.10 Å². The van der Waals surface area contributed by atoms with Gasteiger partial charge in [0.05, 0.1) is 19.8 Å². The van der Waals surface area contributed by atoms with Gasteiger partial charge in [0.25, 0.3) is 0 Å². The number of ether oxygens (including phenoxy) is 3. The van der Waals surface area contributed by atoms with E-state index in [9.17, 15) is 4.79 Å². The van der Waals surface area contributed by atoms with Gasteiger partial charge in [-0.05, 0) is 49.1 Å². The van der Waals surface area contributed by atoms with Crippen LogP contribution >= 0.6 is 0 Å². The van der Waals surface area contributed by atoms with Gasteiger partial charge in [-0.25, -0.2) is 4.79 Å². The van der Waals surface area contributed by atoms with E-state index in [1.165, 1.54) is 32.1 Å². The number of carbonyl (C=O) groups is 1. The number of hydrogen-bond donors (Lipinski definition) is 0. The molecule has 4 heteroatoms. The normalized spacial score (nSPS) is 11.8. The number of unbranched alkanes of at least 4 members (excludes halogenated alkanes) is 5. The van der Waals surface area contributed by atoms with Crippen molar-refractivity contribution < 1.29 is 19.0 Å². The molecule has 0 aliphatic rings. The van der Waals surface area contributed by atoms with Crippen molar-refractivity contribution in [1.82, 2.24) is 0 Å². The fourth-order valence-corrected chi connectivity index (χ4v) is 3.16. The minimum Gasteiger partial charge on any atom is -0.494 e. The fourth-order valence-electron chi connectivity index (χ4n) is 3.16. The molecule has 0 aromatic heterocycles. The van der Waals surface area contributed by atoms with Crippen LogP contribution in [0.1, 0.15) is 64.9 Å². The molecule has 0 heterocycles. The first-order valence-corrected chi connectivity index (χ1v) is 11.2. The quantitative estimate of drug-likeness (QED) is 0.260. The van der Waals surface area contributed by atoms with Gasteiger partial charge in [-0.3, -0.25) is 0 Å². The van der Waals surface area contributed by atoms with Crippen LogP contribution in [0.5, 0.6) is 5.75 Å². The molecule has 0 amide bonds. The van der Waals surface area contributed by atoms with Gasteiger partial charge in [-0.15, -0.1) is 0 Å². The maximum Gasteiger partial charge on any atom is 0.334 e. The Bertz CT molecular complexity index is 722. The lowest BCUT2D eigenvalue weighted by Gasteiger charge is -2.12. The Morgan fingerprint density at radius 1 is 0.833 bits per heavy atom. The Kier molecular flexibility index (Phi) is 11.0. The zero-order chi connectivity index (χ0) is 21.6. The summed E-state index contributed by atoms with van der Waals surface area (Å²) in [6, 6.07) is 16.4. The second kappa shape index (κ2) is 13.8. The van der Waals surface area contributed by atoms with E-state index in [2.05, 4.69) is 31.2 Å². The molecule has 2 rings (SSSR count). The van der Waals surface area contributed by atoms with Crippen molar-refractivity contribution in [2.24, 2.45) is 0 Å². The van der Waals surface area contributed by atoms with E-state index in [0.29, 0.717) is 13.2 Å². The van der Waals surface area contributed by atoms with Crippen LogP contribution in [-0.2, 0) is 20.9 Å². The molecule has 2 aromatic carbocycles. The first kappa shape index (κ1) is 23.9. The summed E-state index contributed by atoms with van der Waals surface area (Å²) in [6.45, 7) is 7.27. The van der Waals surface area contributed by atoms with Crippen LogP contribution in [-0.4, -0.2) is 25.3 Å². The highest BCUT2D eigenvalue weighted by Gasteiger charge is 2.14. The molecule has 4 nitrogen and oxygen atoms in total. The van der Waals surface area contributed by atoms with Gasteiger partial charge >= 0.3 is 5.97 Å². The lowest BCUT2D eigenvalue weighted by atomic mass is 10.0. The molecule has 1 unspecified atom stereocenters. The number of esters is 1. The van der Waals surface area contributed by atoms with E-state index in [1.807, 2.05) is 24.3 Å². The van der Waals surface area contributed by atoms with Crippen LogP contribution in [0.25, 0.3) is 11.1 Å². The second-order valence-electron chi connectivity index (χ2n) is 7.54. The van der Waals surface area contributed by atoms with Crippen molar-refractivity contribution in [3.8, 4) is 16.9 Å². The Morgan fingerprint density at radius 3 is 2.07 bits per heavy atom. The van der Waals surface area contributed by atoms with Crippen molar-refractivity contribution in [3.63, 3.8) is 0 Å². The van der Waals surface area contributed by atoms with E-state index in [0.717, 1.165) is 35.5 Å². The molecule has 0 saturated carbocycles. The molecule has 0 aliphatic heterocycles. The highest BCUT2D eigenvalue weighted by molar-refractivity contribution is 5.74. The molecule has 2 aromatic rings.